The van der Waals surface area contributed by atoms with E-state index >= 15 is 0 Å². The molecule has 22 heavy (non-hydrogen) atoms. The third-order valence-electron chi connectivity index (χ3n) is 3.91. The quantitative estimate of drug-likeness (QED) is 0.752. The Balaban J connectivity index is 1.87. The zero-order chi connectivity index (χ0) is 15.4. The molecule has 0 fully saturated rings. The van der Waals surface area contributed by atoms with Crippen molar-refractivity contribution in [2.45, 2.75) is 25.4 Å². The van der Waals surface area contributed by atoms with Gasteiger partial charge in [-0.05, 0) is 54.7 Å². The molecule has 3 rings (SSSR count). The van der Waals surface area contributed by atoms with Gasteiger partial charge in [0.25, 0.3) is 0 Å². The predicted octanol–water partition coefficient (Wildman–Crippen LogP) is 5.01. The van der Waals surface area contributed by atoms with Crippen LogP contribution in [0.2, 0.25) is 0 Å². The first kappa shape index (κ1) is 15.1. The molecule has 0 heterocycles. The highest BCUT2D eigenvalue weighted by molar-refractivity contribution is 9.10. The van der Waals surface area contributed by atoms with Crippen LogP contribution in [0.3, 0.4) is 0 Å². The van der Waals surface area contributed by atoms with Crippen molar-refractivity contribution in [2.24, 2.45) is 0 Å². The van der Waals surface area contributed by atoms with Crippen LogP contribution >= 0.6 is 15.9 Å². The van der Waals surface area contributed by atoms with Gasteiger partial charge in [-0.15, -0.1) is 0 Å². The van der Waals surface area contributed by atoms with Gasteiger partial charge in [-0.25, -0.2) is 0 Å². The highest BCUT2D eigenvalue weighted by atomic mass is 79.9. The zero-order valence-electron chi connectivity index (χ0n) is 12.2. The second-order valence-corrected chi connectivity index (χ2v) is 6.34. The van der Waals surface area contributed by atoms with E-state index in [9.17, 15) is 5.11 Å². The number of aliphatic hydroxyl groups excluding tert-OH is 1. The van der Waals surface area contributed by atoms with Gasteiger partial charge in [-0.2, -0.15) is 0 Å². The van der Waals surface area contributed by atoms with Crippen molar-refractivity contribution in [1.82, 2.24) is 0 Å². The number of benzene rings is 2. The Bertz CT molecular complexity index is 733. The van der Waals surface area contributed by atoms with Crippen LogP contribution in [0, 0.1) is 11.8 Å². The molecule has 1 unspecified atom stereocenters. The average molecular weight is 353 g/mol. The Morgan fingerprint density at radius 1 is 0.909 bits per heavy atom. The molecule has 2 aromatic rings. The Morgan fingerprint density at radius 3 is 2.36 bits per heavy atom. The van der Waals surface area contributed by atoms with E-state index < -0.39 is 6.10 Å². The van der Waals surface area contributed by atoms with Crippen LogP contribution in [-0.2, 0) is 0 Å². The van der Waals surface area contributed by atoms with Crippen LogP contribution in [0.1, 0.15) is 36.5 Å². The molecule has 1 aliphatic carbocycles. The summed E-state index contributed by atoms with van der Waals surface area (Å²) in [7, 11) is 0. The summed E-state index contributed by atoms with van der Waals surface area (Å²) in [6.07, 6.45) is 2.41. The molecular formula is C20H17BrO. The SMILES string of the molecule is OC(C1=C(C#Cc2ccccc2)CCC1)c1ccc(Br)cc1. The molecule has 1 atom stereocenters. The van der Waals surface area contributed by atoms with Crippen LogP contribution in [-0.4, -0.2) is 5.11 Å². The van der Waals surface area contributed by atoms with Crippen molar-refractivity contribution in [3.05, 3.63) is 81.3 Å². The molecule has 0 spiro atoms. The Kier molecular flexibility index (Phi) is 4.77. The summed E-state index contributed by atoms with van der Waals surface area (Å²) < 4.78 is 1.02. The molecule has 1 nitrogen and oxygen atoms in total. The molecule has 1 aliphatic rings. The summed E-state index contributed by atoms with van der Waals surface area (Å²) in [4.78, 5) is 0. The first-order valence-corrected chi connectivity index (χ1v) is 8.26. The van der Waals surface area contributed by atoms with E-state index in [1.165, 1.54) is 0 Å². The number of aliphatic hydroxyl groups is 1. The Morgan fingerprint density at radius 2 is 1.64 bits per heavy atom. The molecule has 2 aromatic carbocycles. The lowest BCUT2D eigenvalue weighted by atomic mass is 9.98. The van der Waals surface area contributed by atoms with Crippen LogP contribution in [0.15, 0.2) is 70.2 Å². The minimum absolute atomic E-state index is 0.546. The van der Waals surface area contributed by atoms with E-state index in [0.717, 1.165) is 46.0 Å². The molecule has 0 saturated heterocycles. The van der Waals surface area contributed by atoms with E-state index in [-0.39, 0.29) is 0 Å². The van der Waals surface area contributed by atoms with Crippen molar-refractivity contribution in [1.29, 1.82) is 0 Å². The fourth-order valence-corrected chi connectivity index (χ4v) is 2.99. The Hall–Kier alpha value is -1.82. The maximum Gasteiger partial charge on any atom is 0.101 e. The number of hydrogen-bond acceptors (Lipinski definition) is 1. The van der Waals surface area contributed by atoms with Crippen LogP contribution in [0.25, 0.3) is 0 Å². The topological polar surface area (TPSA) is 20.2 Å². The molecule has 2 heteroatoms. The second kappa shape index (κ2) is 6.96. The standard InChI is InChI=1S/C20H17BrO/c21-18-13-11-17(12-14-18)20(22)19-8-4-7-16(19)10-9-15-5-2-1-3-6-15/h1-3,5-6,11-14,20,22H,4,7-8H2. The summed E-state index contributed by atoms with van der Waals surface area (Å²) in [6.45, 7) is 0. The zero-order valence-corrected chi connectivity index (χ0v) is 13.8. The van der Waals surface area contributed by atoms with Gasteiger partial charge in [0.05, 0.1) is 0 Å². The predicted molar refractivity (Wildman–Crippen MR) is 93.3 cm³/mol. The smallest absolute Gasteiger partial charge is 0.101 e. The van der Waals surface area contributed by atoms with Gasteiger partial charge in [0.15, 0.2) is 0 Å². The number of rotatable bonds is 2. The van der Waals surface area contributed by atoms with Gasteiger partial charge in [0.2, 0.25) is 0 Å². The largest absolute Gasteiger partial charge is 0.384 e. The van der Waals surface area contributed by atoms with Crippen molar-refractivity contribution in [3.63, 3.8) is 0 Å². The third kappa shape index (κ3) is 3.50. The molecule has 0 radical (unpaired) electrons. The summed E-state index contributed by atoms with van der Waals surface area (Å²) in [6, 6.07) is 17.8. The highest BCUT2D eigenvalue weighted by Gasteiger charge is 2.21. The lowest BCUT2D eigenvalue weighted by molar-refractivity contribution is 0.212. The van der Waals surface area contributed by atoms with E-state index in [1.807, 2.05) is 54.6 Å². The molecule has 0 amide bonds. The third-order valence-corrected chi connectivity index (χ3v) is 4.44. The summed E-state index contributed by atoms with van der Waals surface area (Å²) in [5.41, 5.74) is 4.11. The lowest BCUT2D eigenvalue weighted by Crippen LogP contribution is -2.01. The van der Waals surface area contributed by atoms with E-state index in [0.29, 0.717) is 0 Å². The maximum absolute atomic E-state index is 10.6. The summed E-state index contributed by atoms with van der Waals surface area (Å²) in [5, 5.41) is 10.6. The van der Waals surface area contributed by atoms with Gasteiger partial charge >= 0.3 is 0 Å². The van der Waals surface area contributed by atoms with Crippen LogP contribution in [0.5, 0.6) is 0 Å². The van der Waals surface area contributed by atoms with Crippen LogP contribution in [0.4, 0.5) is 0 Å². The normalized spacial score (nSPS) is 15.4. The summed E-state index contributed by atoms with van der Waals surface area (Å²) in [5.74, 6) is 6.48. The van der Waals surface area contributed by atoms with Crippen molar-refractivity contribution >= 4 is 15.9 Å². The average Bonchev–Trinajstić information content (AvgIpc) is 3.02. The van der Waals surface area contributed by atoms with Crippen molar-refractivity contribution < 1.29 is 5.11 Å². The highest BCUT2D eigenvalue weighted by Crippen LogP contribution is 2.35. The minimum Gasteiger partial charge on any atom is -0.384 e. The minimum atomic E-state index is -0.546. The van der Waals surface area contributed by atoms with Gasteiger partial charge < -0.3 is 5.11 Å². The number of halogens is 1. The summed E-state index contributed by atoms with van der Waals surface area (Å²) >= 11 is 3.42. The molecule has 0 bridgehead atoms. The Labute approximate surface area is 139 Å². The number of hydrogen-bond donors (Lipinski definition) is 1. The maximum atomic E-state index is 10.6. The molecular weight excluding hydrogens is 336 g/mol. The molecule has 0 aromatic heterocycles. The van der Waals surface area contributed by atoms with E-state index in [1.54, 1.807) is 0 Å². The molecule has 110 valence electrons. The van der Waals surface area contributed by atoms with E-state index in [4.69, 9.17) is 0 Å². The van der Waals surface area contributed by atoms with Gasteiger partial charge in [-0.1, -0.05) is 58.1 Å². The van der Waals surface area contributed by atoms with Gasteiger partial charge in [0, 0.05) is 15.6 Å². The van der Waals surface area contributed by atoms with Crippen LogP contribution < -0.4 is 0 Å². The van der Waals surface area contributed by atoms with Gasteiger partial charge in [-0.3, -0.25) is 0 Å². The fraction of sp³-hybridized carbons (Fsp3) is 0.200. The molecule has 0 aliphatic heterocycles. The fourth-order valence-electron chi connectivity index (χ4n) is 2.73. The monoisotopic (exact) mass is 352 g/mol. The first-order chi connectivity index (χ1) is 10.7. The van der Waals surface area contributed by atoms with Gasteiger partial charge in [0.1, 0.15) is 6.10 Å². The first-order valence-electron chi connectivity index (χ1n) is 7.46. The second-order valence-electron chi connectivity index (χ2n) is 5.43. The lowest BCUT2D eigenvalue weighted by Gasteiger charge is -2.13. The molecule has 0 saturated carbocycles. The van der Waals surface area contributed by atoms with Crippen molar-refractivity contribution in [2.75, 3.05) is 0 Å². The van der Waals surface area contributed by atoms with Crippen molar-refractivity contribution in [3.8, 4) is 11.8 Å². The van der Waals surface area contributed by atoms with E-state index in [2.05, 4.69) is 27.8 Å². The molecule has 1 N–H and O–H groups in total. The number of allylic oxidation sites excluding steroid dienone is 1.